The van der Waals surface area contributed by atoms with E-state index in [-0.39, 0.29) is 41.7 Å². The Kier molecular flexibility index (Phi) is 6.68. The number of esters is 4. The molecule has 0 aromatic heterocycles. The van der Waals surface area contributed by atoms with Crippen molar-refractivity contribution in [2.24, 2.45) is 34.5 Å². The molecule has 5 rings (SSSR count). The third-order valence-corrected chi connectivity index (χ3v) is 10.9. The maximum Gasteiger partial charge on any atom is 0.331 e. The van der Waals surface area contributed by atoms with E-state index in [1.165, 1.54) is 26.8 Å². The van der Waals surface area contributed by atoms with Gasteiger partial charge < -0.3 is 24.1 Å². The summed E-state index contributed by atoms with van der Waals surface area (Å²) in [6, 6.07) is 0. The van der Waals surface area contributed by atoms with E-state index >= 15 is 0 Å². The molecule has 9 heteroatoms. The molecule has 4 aliphatic carbocycles. The number of carbonyl (C=O) groups excluding carboxylic acids is 4. The molecule has 1 N–H and O–H groups in total. The number of rotatable bonds is 4. The highest BCUT2D eigenvalue weighted by Gasteiger charge is 2.72. The minimum absolute atomic E-state index is 0.0999. The third-order valence-electron chi connectivity index (χ3n) is 10.9. The fraction of sp³-hybridized carbons (Fsp3) is 0.793. The Morgan fingerprint density at radius 2 is 1.58 bits per heavy atom. The van der Waals surface area contributed by atoms with Crippen molar-refractivity contribution in [3.8, 4) is 0 Å². The topological polar surface area (TPSA) is 125 Å². The molecule has 0 unspecified atom stereocenters. The van der Waals surface area contributed by atoms with Crippen LogP contribution in [0.1, 0.15) is 79.6 Å². The summed E-state index contributed by atoms with van der Waals surface area (Å²) in [5.41, 5.74) is -1.28. The molecule has 0 amide bonds. The first-order chi connectivity index (χ1) is 17.8. The van der Waals surface area contributed by atoms with Crippen molar-refractivity contribution in [2.75, 3.05) is 6.61 Å². The molecule has 1 heterocycles. The largest absolute Gasteiger partial charge is 0.459 e. The fourth-order valence-electron chi connectivity index (χ4n) is 9.38. The summed E-state index contributed by atoms with van der Waals surface area (Å²) in [5.74, 6) is -1.54. The van der Waals surface area contributed by atoms with Crippen molar-refractivity contribution >= 4 is 23.9 Å². The molecule has 210 valence electrons. The van der Waals surface area contributed by atoms with Crippen LogP contribution in [0.2, 0.25) is 0 Å². The molecule has 1 aliphatic heterocycles. The Hall–Kier alpha value is -2.42. The van der Waals surface area contributed by atoms with Crippen LogP contribution in [0.5, 0.6) is 0 Å². The molecule has 0 saturated heterocycles. The van der Waals surface area contributed by atoms with Gasteiger partial charge in [0.05, 0.1) is 0 Å². The Morgan fingerprint density at radius 1 is 0.921 bits per heavy atom. The van der Waals surface area contributed by atoms with E-state index in [0.29, 0.717) is 25.7 Å². The van der Waals surface area contributed by atoms with Gasteiger partial charge in [-0.2, -0.15) is 0 Å². The second-order valence-electron chi connectivity index (χ2n) is 12.7. The van der Waals surface area contributed by atoms with Crippen LogP contribution >= 0.6 is 0 Å². The van der Waals surface area contributed by atoms with Crippen LogP contribution in [-0.4, -0.2) is 59.5 Å². The summed E-state index contributed by atoms with van der Waals surface area (Å²) in [5, 5.41) is 12.8. The van der Waals surface area contributed by atoms with E-state index in [0.717, 1.165) is 24.8 Å². The van der Waals surface area contributed by atoms with E-state index in [2.05, 4.69) is 13.8 Å². The highest BCUT2D eigenvalue weighted by atomic mass is 16.6. The summed E-state index contributed by atoms with van der Waals surface area (Å²) in [7, 11) is 0. The summed E-state index contributed by atoms with van der Waals surface area (Å²) in [6.45, 7) is 8.61. The van der Waals surface area contributed by atoms with Crippen LogP contribution in [0.25, 0.3) is 0 Å². The van der Waals surface area contributed by atoms with Crippen molar-refractivity contribution < 1.29 is 43.2 Å². The zero-order chi connectivity index (χ0) is 27.6. The molecule has 0 spiro atoms. The monoisotopic (exact) mass is 532 g/mol. The van der Waals surface area contributed by atoms with Crippen LogP contribution in [0.3, 0.4) is 0 Å². The first kappa shape index (κ1) is 27.2. The van der Waals surface area contributed by atoms with Crippen molar-refractivity contribution in [3.63, 3.8) is 0 Å². The number of fused-ring (bicyclic) bond motifs is 5. The average Bonchev–Trinajstić information content (AvgIpc) is 3.32. The van der Waals surface area contributed by atoms with Gasteiger partial charge in [-0.25, -0.2) is 4.79 Å². The molecule has 4 saturated carbocycles. The summed E-state index contributed by atoms with van der Waals surface area (Å²) in [6.07, 6.45) is 4.53. The molecular formula is C29H40O9. The van der Waals surface area contributed by atoms with Gasteiger partial charge in [0.2, 0.25) is 0 Å². The average molecular weight is 533 g/mol. The van der Waals surface area contributed by atoms with E-state index in [9.17, 15) is 24.3 Å². The Balaban J connectivity index is 1.51. The molecular weight excluding hydrogens is 492 g/mol. The number of carbonyl (C=O) groups is 4. The lowest BCUT2D eigenvalue weighted by molar-refractivity contribution is -0.248. The Bertz CT molecular complexity index is 1070. The van der Waals surface area contributed by atoms with Gasteiger partial charge in [0.1, 0.15) is 30.5 Å². The van der Waals surface area contributed by atoms with Gasteiger partial charge in [0, 0.05) is 32.3 Å². The van der Waals surface area contributed by atoms with Crippen LogP contribution in [0.15, 0.2) is 11.6 Å². The molecule has 4 fully saturated rings. The van der Waals surface area contributed by atoms with Crippen molar-refractivity contribution in [1.82, 2.24) is 0 Å². The van der Waals surface area contributed by atoms with Gasteiger partial charge in [0.15, 0.2) is 0 Å². The highest BCUT2D eigenvalue weighted by Crippen LogP contribution is 2.70. The lowest BCUT2D eigenvalue weighted by atomic mass is 9.42. The molecule has 9 nitrogen and oxygen atoms in total. The minimum Gasteiger partial charge on any atom is -0.459 e. The molecule has 0 aromatic rings. The highest BCUT2D eigenvalue weighted by molar-refractivity contribution is 5.85. The van der Waals surface area contributed by atoms with Gasteiger partial charge >= 0.3 is 23.9 Å². The number of hydrogen-bond donors (Lipinski definition) is 1. The van der Waals surface area contributed by atoms with Gasteiger partial charge in [-0.3, -0.25) is 14.4 Å². The van der Waals surface area contributed by atoms with E-state index in [4.69, 9.17) is 18.9 Å². The second kappa shape index (κ2) is 9.35. The molecule has 10 atom stereocenters. The van der Waals surface area contributed by atoms with Gasteiger partial charge in [-0.05, 0) is 79.6 Å². The van der Waals surface area contributed by atoms with E-state index < -0.39 is 47.2 Å². The molecule has 0 radical (unpaired) electrons. The van der Waals surface area contributed by atoms with Crippen LogP contribution < -0.4 is 0 Å². The van der Waals surface area contributed by atoms with Crippen molar-refractivity contribution in [2.45, 2.75) is 103 Å². The maximum absolute atomic E-state index is 12.8. The van der Waals surface area contributed by atoms with E-state index in [1.807, 2.05) is 0 Å². The van der Waals surface area contributed by atoms with Gasteiger partial charge in [-0.15, -0.1) is 0 Å². The lowest BCUT2D eigenvalue weighted by Crippen LogP contribution is -2.67. The van der Waals surface area contributed by atoms with Crippen molar-refractivity contribution in [1.29, 1.82) is 0 Å². The summed E-state index contributed by atoms with van der Waals surface area (Å²) in [4.78, 5) is 47.9. The van der Waals surface area contributed by atoms with Crippen molar-refractivity contribution in [3.05, 3.63) is 11.6 Å². The molecule has 38 heavy (non-hydrogen) atoms. The summed E-state index contributed by atoms with van der Waals surface area (Å²) >= 11 is 0. The number of aliphatic hydroxyl groups is 1. The Labute approximate surface area is 223 Å². The fourth-order valence-corrected chi connectivity index (χ4v) is 9.38. The second-order valence-corrected chi connectivity index (χ2v) is 12.7. The van der Waals surface area contributed by atoms with Crippen LogP contribution in [0.4, 0.5) is 0 Å². The third kappa shape index (κ3) is 4.07. The van der Waals surface area contributed by atoms with Crippen LogP contribution in [0, 0.1) is 34.5 Å². The lowest BCUT2D eigenvalue weighted by Gasteiger charge is -2.64. The van der Waals surface area contributed by atoms with E-state index in [1.54, 1.807) is 0 Å². The Morgan fingerprint density at radius 3 is 2.18 bits per heavy atom. The predicted molar refractivity (Wildman–Crippen MR) is 133 cm³/mol. The summed E-state index contributed by atoms with van der Waals surface area (Å²) < 4.78 is 22.4. The van der Waals surface area contributed by atoms with Gasteiger partial charge in [-0.1, -0.05) is 13.8 Å². The molecule has 5 aliphatic rings. The smallest absolute Gasteiger partial charge is 0.331 e. The predicted octanol–water partition coefficient (Wildman–Crippen LogP) is 3.26. The maximum atomic E-state index is 12.8. The number of cyclic esters (lactones) is 1. The zero-order valence-electron chi connectivity index (χ0n) is 23.0. The quantitative estimate of drug-likeness (QED) is 0.429. The number of ether oxygens (including phenoxy) is 4. The molecule has 0 aromatic carbocycles. The first-order valence-corrected chi connectivity index (χ1v) is 13.9. The minimum atomic E-state index is -1.28. The first-order valence-electron chi connectivity index (χ1n) is 13.9. The SMILES string of the molecule is CC(=O)O[C@@H]1C[C@@H]2CC[C@@H]3[C@H](CC[C@]4(C)[C@@H](C5=CC(=O)OC5)C[C@@H](OC(C)=O)[C@]34O)[C@@]2(C)C[C@H]1OC(C)=O. The number of hydrogen-bond acceptors (Lipinski definition) is 9. The normalized spacial score (nSPS) is 45.6. The molecule has 0 bridgehead atoms. The zero-order valence-corrected chi connectivity index (χ0v) is 23.0. The standard InChI is InChI=1S/C29H40O9/c1-15(30)36-23-11-19-6-7-21-20(27(19,4)13-24(23)37-16(2)31)8-9-28(5)22(18-10-26(33)35-14-18)12-25(29(21,28)34)38-17(3)32/h10,19-25,34H,6-9,11-14H2,1-5H3/t19-,20-,21+,22+,23+,24+,25+,27-,28+,29+/m0/s1. The van der Waals surface area contributed by atoms with Gasteiger partial charge in [0.25, 0.3) is 0 Å². The van der Waals surface area contributed by atoms with Crippen LogP contribution in [-0.2, 0) is 38.1 Å².